The number of hydrogen-bond donors (Lipinski definition) is 0. The van der Waals surface area contributed by atoms with E-state index in [1.165, 1.54) is 0 Å². The lowest BCUT2D eigenvalue weighted by Gasteiger charge is -2.38. The van der Waals surface area contributed by atoms with E-state index in [1.807, 2.05) is 0 Å². The Kier molecular flexibility index (Phi) is 8.13. The minimum absolute atomic E-state index is 0.492. The Hall–Kier alpha value is -3.33. The van der Waals surface area contributed by atoms with Gasteiger partial charge in [-0.1, -0.05) is 0 Å². The smallest absolute Gasteiger partial charge is 0.303 e. The van der Waals surface area contributed by atoms with Gasteiger partial charge < -0.3 is 33.2 Å². The quantitative estimate of drug-likeness (QED) is 0.107. The lowest BCUT2D eigenvalue weighted by molar-refractivity contribution is -0.538. The molecule has 2 bridgehead atoms. The number of fused-ring (bicyclic) bond motifs is 5. The van der Waals surface area contributed by atoms with Gasteiger partial charge in [0.25, 0.3) is 6.04 Å². The van der Waals surface area contributed by atoms with Gasteiger partial charge in [0, 0.05) is 39.5 Å². The molecular weight excluding hydrogens is 490 g/mol. The molecule has 0 aromatic carbocycles. The number of hydrogen-bond acceptors (Lipinski definition) is 14. The van der Waals surface area contributed by atoms with E-state index in [1.54, 1.807) is 0 Å². The second-order valence-corrected chi connectivity index (χ2v) is 8.66. The van der Waals surface area contributed by atoms with Crippen LogP contribution in [0.4, 0.5) is 0 Å². The molecule has 0 aromatic heterocycles. The second kappa shape index (κ2) is 10.7. The zero-order chi connectivity index (χ0) is 26.9. The average molecular weight is 517 g/mol. The largest absolute Gasteiger partial charge is 0.462 e. The third kappa shape index (κ3) is 5.90. The predicted octanol–water partition coefficient (Wildman–Crippen LogP) is -0.914. The van der Waals surface area contributed by atoms with Gasteiger partial charge in [-0.2, -0.15) is 0 Å². The van der Waals surface area contributed by atoms with E-state index in [0.29, 0.717) is 0 Å². The minimum Gasteiger partial charge on any atom is -0.462 e. The van der Waals surface area contributed by atoms with Gasteiger partial charge >= 0.3 is 29.8 Å². The Morgan fingerprint density at radius 3 is 1.72 bits per heavy atom. The van der Waals surface area contributed by atoms with Crippen molar-refractivity contribution in [2.24, 2.45) is 5.92 Å². The molecule has 0 amide bonds. The molecule has 0 unspecified atom stereocenters. The number of esters is 5. The highest BCUT2D eigenvalue weighted by atomic mass is 16.7. The summed E-state index contributed by atoms with van der Waals surface area (Å²) < 4.78 is 37.5. The van der Waals surface area contributed by atoms with Gasteiger partial charge in [0.1, 0.15) is 24.9 Å². The summed E-state index contributed by atoms with van der Waals surface area (Å²) in [5.74, 6) is -5.55. The summed E-state index contributed by atoms with van der Waals surface area (Å²) in [5, 5.41) is 12.0. The van der Waals surface area contributed by atoms with Crippen molar-refractivity contribution in [1.29, 1.82) is 0 Å². The van der Waals surface area contributed by atoms with Gasteiger partial charge in [0.15, 0.2) is 30.5 Å². The first-order chi connectivity index (χ1) is 16.8. The maximum absolute atomic E-state index is 12.1. The van der Waals surface area contributed by atoms with E-state index < -0.39 is 102 Å². The van der Waals surface area contributed by atoms with Gasteiger partial charge in [0.2, 0.25) is 0 Å². The third-order valence-corrected chi connectivity index (χ3v) is 5.94. The molecule has 3 rings (SSSR count). The van der Waals surface area contributed by atoms with Crippen molar-refractivity contribution in [1.82, 2.24) is 0 Å². The summed E-state index contributed by atoms with van der Waals surface area (Å²) in [6.07, 6.45) is -9.36. The molecule has 0 N–H and O–H groups in total. The first-order valence-corrected chi connectivity index (χ1v) is 11.1. The number of nitro groups is 1. The number of rotatable bonds is 11. The van der Waals surface area contributed by atoms with Crippen LogP contribution in [0.15, 0.2) is 0 Å². The lowest BCUT2D eigenvalue weighted by atomic mass is 9.78. The maximum atomic E-state index is 12.1. The number of epoxide rings is 1. The van der Waals surface area contributed by atoms with Crippen LogP contribution in [0.25, 0.3) is 0 Å². The van der Waals surface area contributed by atoms with Crippen LogP contribution in [-0.2, 0) is 57.1 Å². The van der Waals surface area contributed by atoms with E-state index in [2.05, 4.69) is 0 Å². The fourth-order valence-corrected chi connectivity index (χ4v) is 4.86. The van der Waals surface area contributed by atoms with Crippen molar-refractivity contribution in [3.05, 3.63) is 10.1 Å². The van der Waals surface area contributed by atoms with Crippen LogP contribution in [-0.4, -0.2) is 96.3 Å². The Morgan fingerprint density at radius 1 is 0.722 bits per heavy atom. The van der Waals surface area contributed by atoms with Crippen molar-refractivity contribution in [3.63, 3.8) is 0 Å². The summed E-state index contributed by atoms with van der Waals surface area (Å²) in [6, 6.07) is -1.42. The molecule has 10 atom stereocenters. The first kappa shape index (κ1) is 27.3. The van der Waals surface area contributed by atoms with Gasteiger partial charge in [-0.25, -0.2) is 0 Å². The molecule has 200 valence electrons. The van der Waals surface area contributed by atoms with Crippen LogP contribution < -0.4 is 0 Å². The van der Waals surface area contributed by atoms with E-state index >= 15 is 0 Å². The molecule has 3 heterocycles. The van der Waals surface area contributed by atoms with Crippen molar-refractivity contribution in [2.45, 2.75) is 89.5 Å². The van der Waals surface area contributed by atoms with Crippen LogP contribution in [0.1, 0.15) is 34.6 Å². The Balaban J connectivity index is 2.08. The zero-order valence-corrected chi connectivity index (χ0v) is 20.1. The molecule has 3 aliphatic rings. The molecule has 3 saturated heterocycles. The summed E-state index contributed by atoms with van der Waals surface area (Å²) in [6.45, 7) is 4.55. The summed E-state index contributed by atoms with van der Waals surface area (Å²) >= 11 is 0. The highest BCUT2D eigenvalue weighted by Gasteiger charge is 2.76. The minimum atomic E-state index is -1.72. The van der Waals surface area contributed by atoms with E-state index in [4.69, 9.17) is 33.2 Å². The number of carbonyl (C=O) groups excluding carboxylic acids is 5. The van der Waals surface area contributed by atoms with Crippen molar-refractivity contribution in [2.75, 3.05) is 6.61 Å². The van der Waals surface area contributed by atoms with E-state index in [9.17, 15) is 34.1 Å². The van der Waals surface area contributed by atoms with Gasteiger partial charge in [-0.3, -0.25) is 34.1 Å². The number of carbonyl (C=O) groups is 5. The van der Waals surface area contributed by atoms with Gasteiger partial charge in [-0.05, 0) is 0 Å². The Morgan fingerprint density at radius 2 is 1.22 bits per heavy atom. The molecule has 0 radical (unpaired) electrons. The predicted molar refractivity (Wildman–Crippen MR) is 110 cm³/mol. The fraction of sp³-hybridized carbons (Fsp3) is 0.762. The molecule has 0 saturated carbocycles. The van der Waals surface area contributed by atoms with Crippen LogP contribution in [0, 0.1) is 16.0 Å². The molecule has 15 nitrogen and oxygen atoms in total. The summed E-state index contributed by atoms with van der Waals surface area (Å²) in [5.41, 5.74) is 0. The lowest BCUT2D eigenvalue weighted by Crippen LogP contribution is -2.59. The van der Waals surface area contributed by atoms with Crippen molar-refractivity contribution in [3.8, 4) is 0 Å². The van der Waals surface area contributed by atoms with Gasteiger partial charge in [-0.15, -0.1) is 0 Å². The average Bonchev–Trinajstić information content (AvgIpc) is 3.35. The molecule has 36 heavy (non-hydrogen) atoms. The van der Waals surface area contributed by atoms with Crippen LogP contribution in [0.5, 0.6) is 0 Å². The topological polar surface area (TPSA) is 196 Å². The molecule has 0 aliphatic carbocycles. The second-order valence-electron chi connectivity index (χ2n) is 8.66. The third-order valence-electron chi connectivity index (χ3n) is 5.94. The number of ether oxygens (including phenoxy) is 7. The van der Waals surface area contributed by atoms with Crippen LogP contribution in [0.2, 0.25) is 0 Å². The highest BCUT2D eigenvalue weighted by molar-refractivity contribution is 5.69. The maximum Gasteiger partial charge on any atom is 0.303 e. The number of nitrogens with zero attached hydrogens (tertiary/aromatic N) is 1. The van der Waals surface area contributed by atoms with Gasteiger partial charge in [0.05, 0.1) is 5.92 Å². The normalized spacial score (nSPS) is 30.6. The van der Waals surface area contributed by atoms with E-state index in [-0.39, 0.29) is 0 Å². The summed E-state index contributed by atoms with van der Waals surface area (Å²) in [7, 11) is 0. The molecule has 0 spiro atoms. The Labute approximate surface area is 204 Å². The highest BCUT2D eigenvalue weighted by Crippen LogP contribution is 2.54. The summed E-state index contributed by atoms with van der Waals surface area (Å²) in [4.78, 5) is 70.9. The monoisotopic (exact) mass is 517 g/mol. The molecule has 15 heteroatoms. The van der Waals surface area contributed by atoms with Crippen molar-refractivity contribution >= 4 is 29.8 Å². The fourth-order valence-electron chi connectivity index (χ4n) is 4.86. The Bertz CT molecular complexity index is 936. The molecule has 0 aromatic rings. The molecule has 3 fully saturated rings. The van der Waals surface area contributed by atoms with E-state index in [0.717, 1.165) is 34.6 Å². The first-order valence-electron chi connectivity index (χ1n) is 11.1. The SMILES string of the molecule is CC(=O)OC[C@@H](OC(C)=O)[C@@H](OC(C)=O)[C@H](OC(C)=O)[C@H](OC(C)=O)[C@H]1[C@H]2O[C@H]([C@@H]3O[C@@H]32)[C@@H]1[N+](=O)[O-]. The molecular formula is C21H27NO14. The molecule has 3 aliphatic heterocycles. The van der Waals surface area contributed by atoms with Crippen molar-refractivity contribution < 1.29 is 62.1 Å². The standard InChI is InChI=1S/C21H27NO14/c1-7(23)30-6-12(31-8(2)24)15(32-9(3)25)19(34-11(5)27)16(33-10(4)26)13-14(22(28)29)18-21-20(36-21)17(13)35-18/h12-21H,6H2,1-5H3/t12-,13+,14-,15-,16-,17-,18+,19+,20-,21+/m1/s1. The van der Waals surface area contributed by atoms with Crippen LogP contribution >= 0.6 is 0 Å². The van der Waals surface area contributed by atoms with Crippen LogP contribution in [0.3, 0.4) is 0 Å². The zero-order valence-electron chi connectivity index (χ0n) is 20.1.